The number of ether oxygens (including phenoxy) is 3. The SMILES string of the molecule is CC/C=C\CC1OC1C/C=C\C/C=C\C/C=C\C/C=C\CCC(=O)OC[C@H](COP(=O)(O)OC[C@@H](O)CO)OC(=O)CCCCCCC/C=C\C/C=C\CCCCC. The zero-order chi connectivity index (χ0) is 42.4. The van der Waals surface area contributed by atoms with E-state index in [0.29, 0.717) is 25.0 Å². The van der Waals surface area contributed by atoms with E-state index in [2.05, 4.69) is 91.3 Å². The summed E-state index contributed by atoms with van der Waals surface area (Å²) in [5.41, 5.74) is 0. The summed E-state index contributed by atoms with van der Waals surface area (Å²) in [6.07, 6.45) is 46.0. The lowest BCUT2D eigenvalue weighted by molar-refractivity contribution is -0.161. The van der Waals surface area contributed by atoms with Gasteiger partial charge in [0.05, 0.1) is 32.0 Å². The molecule has 1 rings (SSSR count). The van der Waals surface area contributed by atoms with Crippen LogP contribution in [0.15, 0.2) is 85.1 Å². The van der Waals surface area contributed by atoms with Crippen LogP contribution in [0.25, 0.3) is 0 Å². The average molecular weight is 835 g/mol. The molecule has 58 heavy (non-hydrogen) atoms. The van der Waals surface area contributed by atoms with Gasteiger partial charge in [-0.05, 0) is 83.5 Å². The fourth-order valence-electron chi connectivity index (χ4n) is 5.50. The van der Waals surface area contributed by atoms with Crippen molar-refractivity contribution in [3.8, 4) is 0 Å². The van der Waals surface area contributed by atoms with Crippen LogP contribution in [0.4, 0.5) is 0 Å². The number of rotatable bonds is 38. The number of phosphoric ester groups is 1. The van der Waals surface area contributed by atoms with Crippen molar-refractivity contribution in [2.75, 3.05) is 26.4 Å². The van der Waals surface area contributed by atoms with Crippen LogP contribution in [0, 0.1) is 0 Å². The van der Waals surface area contributed by atoms with Crippen molar-refractivity contribution in [1.82, 2.24) is 0 Å². The lowest BCUT2D eigenvalue weighted by Gasteiger charge is -2.20. The van der Waals surface area contributed by atoms with Gasteiger partial charge in [-0.1, -0.05) is 131 Å². The zero-order valence-electron chi connectivity index (χ0n) is 35.4. The smallest absolute Gasteiger partial charge is 0.462 e. The highest BCUT2D eigenvalue weighted by Gasteiger charge is 2.36. The molecule has 330 valence electrons. The number of epoxide rings is 1. The highest BCUT2D eigenvalue weighted by molar-refractivity contribution is 7.47. The highest BCUT2D eigenvalue weighted by Crippen LogP contribution is 2.43. The van der Waals surface area contributed by atoms with E-state index in [1.165, 1.54) is 19.3 Å². The van der Waals surface area contributed by atoms with E-state index in [1.54, 1.807) is 0 Å². The summed E-state index contributed by atoms with van der Waals surface area (Å²) in [5, 5.41) is 18.3. The third-order valence-corrected chi connectivity index (χ3v) is 9.90. The molecule has 0 aromatic rings. The molecule has 1 aliphatic rings. The largest absolute Gasteiger partial charge is 0.472 e. The van der Waals surface area contributed by atoms with Gasteiger partial charge in [0.15, 0.2) is 6.10 Å². The first-order valence-electron chi connectivity index (χ1n) is 21.7. The van der Waals surface area contributed by atoms with Crippen LogP contribution >= 0.6 is 7.82 Å². The van der Waals surface area contributed by atoms with Gasteiger partial charge in [-0.2, -0.15) is 0 Å². The summed E-state index contributed by atoms with van der Waals surface area (Å²) in [5.74, 6) is -1.05. The molecule has 0 radical (unpaired) electrons. The summed E-state index contributed by atoms with van der Waals surface area (Å²) in [4.78, 5) is 35.0. The molecular formula is C46H75O11P. The zero-order valence-corrected chi connectivity index (χ0v) is 36.3. The van der Waals surface area contributed by atoms with Crippen LogP contribution in [0.5, 0.6) is 0 Å². The number of carbonyl (C=O) groups excluding carboxylic acids is 2. The Morgan fingerprint density at radius 2 is 1.14 bits per heavy atom. The van der Waals surface area contributed by atoms with E-state index >= 15 is 0 Å². The topological polar surface area (TPSA) is 161 Å². The maximum absolute atomic E-state index is 12.6. The first-order valence-corrected chi connectivity index (χ1v) is 23.2. The minimum atomic E-state index is -4.65. The van der Waals surface area contributed by atoms with E-state index in [4.69, 9.17) is 23.8 Å². The second kappa shape index (κ2) is 37.1. The standard InChI is InChI=1S/C46H75O11P/c1-3-5-7-8-9-10-11-12-13-14-19-22-25-28-32-36-46(50)56-42(40-55-58(51,52)54-38-41(48)37-47)39-53-45(49)35-31-27-24-21-18-16-15-17-20-23-26-30-34-44-43(57-44)33-29-6-4-2/h6,9-10,12-13,16-18,20,24,26-27,29-30,41-44,47-48H,3-5,7-8,11,14-15,19,21-23,25,28,31-40H2,1-2H3,(H,51,52)/b10-9-,13-12-,18-16-,20-17-,27-24-,29-6-,30-26-/t41-,42+,43?,44?/m0/s1. The lowest BCUT2D eigenvalue weighted by Crippen LogP contribution is -2.29. The van der Waals surface area contributed by atoms with Gasteiger partial charge >= 0.3 is 19.8 Å². The minimum Gasteiger partial charge on any atom is -0.462 e. The number of carbonyl (C=O) groups is 2. The molecule has 0 aromatic carbocycles. The molecular weight excluding hydrogens is 759 g/mol. The summed E-state index contributed by atoms with van der Waals surface area (Å²) in [6.45, 7) is 2.11. The van der Waals surface area contributed by atoms with Crippen molar-refractivity contribution in [1.29, 1.82) is 0 Å². The minimum absolute atomic E-state index is 0.105. The molecule has 1 heterocycles. The summed E-state index contributed by atoms with van der Waals surface area (Å²) in [6, 6.07) is 0. The summed E-state index contributed by atoms with van der Waals surface area (Å²) >= 11 is 0. The third-order valence-electron chi connectivity index (χ3n) is 8.95. The van der Waals surface area contributed by atoms with Crippen molar-refractivity contribution in [2.24, 2.45) is 0 Å². The van der Waals surface area contributed by atoms with Gasteiger partial charge < -0.3 is 29.3 Å². The number of esters is 2. The Labute approximate surface area is 349 Å². The van der Waals surface area contributed by atoms with Gasteiger partial charge in [0.1, 0.15) is 12.7 Å². The number of aliphatic hydroxyl groups is 2. The molecule has 0 spiro atoms. The summed E-state index contributed by atoms with van der Waals surface area (Å²) < 4.78 is 38.3. The first-order chi connectivity index (χ1) is 28.2. The Morgan fingerprint density at radius 3 is 1.74 bits per heavy atom. The number of hydrogen-bond acceptors (Lipinski definition) is 10. The van der Waals surface area contributed by atoms with Crippen LogP contribution in [-0.2, 0) is 37.4 Å². The quantitative estimate of drug-likeness (QED) is 0.0178. The second-order valence-corrected chi connectivity index (χ2v) is 15.8. The van der Waals surface area contributed by atoms with Gasteiger partial charge in [-0.15, -0.1) is 0 Å². The van der Waals surface area contributed by atoms with E-state index in [-0.39, 0.29) is 19.4 Å². The number of unbranched alkanes of at least 4 members (excludes halogenated alkanes) is 8. The van der Waals surface area contributed by atoms with Gasteiger partial charge in [0.25, 0.3) is 0 Å². The fraction of sp³-hybridized carbons (Fsp3) is 0.652. The monoisotopic (exact) mass is 835 g/mol. The summed E-state index contributed by atoms with van der Waals surface area (Å²) in [7, 11) is -4.65. The van der Waals surface area contributed by atoms with Crippen molar-refractivity contribution in [3.05, 3.63) is 85.1 Å². The molecule has 1 saturated heterocycles. The van der Waals surface area contributed by atoms with Crippen molar-refractivity contribution >= 4 is 19.8 Å². The Bertz CT molecular complexity index is 1300. The van der Waals surface area contributed by atoms with Crippen LogP contribution < -0.4 is 0 Å². The number of aliphatic hydroxyl groups excluding tert-OH is 2. The Balaban J connectivity index is 2.31. The molecule has 12 heteroatoms. The third kappa shape index (κ3) is 34.0. The Kier molecular flexibility index (Phi) is 34.0. The first kappa shape index (κ1) is 53.1. The molecule has 0 bridgehead atoms. The lowest BCUT2D eigenvalue weighted by atomic mass is 10.1. The second-order valence-electron chi connectivity index (χ2n) is 14.4. The molecule has 1 aliphatic heterocycles. The maximum atomic E-state index is 12.6. The van der Waals surface area contributed by atoms with Gasteiger partial charge in [0.2, 0.25) is 0 Å². The Hall–Kier alpha value is -2.89. The normalized spacial score (nSPS) is 18.2. The van der Waals surface area contributed by atoms with E-state index in [9.17, 15) is 24.2 Å². The number of allylic oxidation sites excluding steroid dienone is 12. The number of phosphoric acid groups is 1. The Morgan fingerprint density at radius 1 is 0.621 bits per heavy atom. The fourth-order valence-corrected chi connectivity index (χ4v) is 6.29. The van der Waals surface area contributed by atoms with E-state index in [1.807, 2.05) is 12.2 Å². The van der Waals surface area contributed by atoms with Crippen molar-refractivity contribution < 1.29 is 52.5 Å². The predicted octanol–water partition coefficient (Wildman–Crippen LogP) is 10.4. The molecule has 0 amide bonds. The average Bonchev–Trinajstić information content (AvgIpc) is 3.97. The van der Waals surface area contributed by atoms with E-state index in [0.717, 1.165) is 83.5 Å². The molecule has 3 N–H and O–H groups in total. The van der Waals surface area contributed by atoms with Gasteiger partial charge in [-0.25, -0.2) is 4.57 Å². The van der Waals surface area contributed by atoms with Crippen molar-refractivity contribution in [2.45, 2.75) is 167 Å². The van der Waals surface area contributed by atoms with Gasteiger partial charge in [0, 0.05) is 12.8 Å². The molecule has 0 aromatic heterocycles. The molecule has 3 unspecified atom stereocenters. The van der Waals surface area contributed by atoms with Crippen LogP contribution in [0.1, 0.15) is 142 Å². The van der Waals surface area contributed by atoms with Crippen LogP contribution in [0.3, 0.4) is 0 Å². The highest BCUT2D eigenvalue weighted by atomic mass is 31.2. The molecule has 5 atom stereocenters. The van der Waals surface area contributed by atoms with Crippen LogP contribution in [0.2, 0.25) is 0 Å². The van der Waals surface area contributed by atoms with E-state index < -0.39 is 51.8 Å². The molecule has 1 fully saturated rings. The molecule has 0 saturated carbocycles. The van der Waals surface area contributed by atoms with Crippen molar-refractivity contribution in [3.63, 3.8) is 0 Å². The predicted molar refractivity (Wildman–Crippen MR) is 232 cm³/mol. The van der Waals surface area contributed by atoms with Gasteiger partial charge in [-0.3, -0.25) is 18.6 Å². The molecule has 0 aliphatic carbocycles. The maximum Gasteiger partial charge on any atom is 0.472 e. The number of hydrogen-bond donors (Lipinski definition) is 3. The molecule has 11 nitrogen and oxygen atoms in total. The van der Waals surface area contributed by atoms with Crippen LogP contribution in [-0.4, -0.2) is 77.9 Å².